The van der Waals surface area contributed by atoms with E-state index in [1.807, 2.05) is 15.7 Å². The SMILES string of the molecule is CCc1nccn1CCC(=O)N1CCC[C@H](COc2ccccc2F)C1. The van der Waals surface area contributed by atoms with Crippen molar-refractivity contribution in [1.29, 1.82) is 0 Å². The fourth-order valence-electron chi connectivity index (χ4n) is 3.43. The summed E-state index contributed by atoms with van der Waals surface area (Å²) < 4.78 is 21.3. The second kappa shape index (κ2) is 8.83. The van der Waals surface area contributed by atoms with E-state index < -0.39 is 0 Å². The average Bonchev–Trinajstić information content (AvgIpc) is 3.13. The first kappa shape index (κ1) is 18.4. The highest BCUT2D eigenvalue weighted by Gasteiger charge is 2.24. The number of amides is 1. The number of hydrogen-bond donors (Lipinski definition) is 0. The van der Waals surface area contributed by atoms with Crippen molar-refractivity contribution in [3.8, 4) is 5.75 Å². The van der Waals surface area contributed by atoms with Crippen LogP contribution in [0.15, 0.2) is 36.7 Å². The summed E-state index contributed by atoms with van der Waals surface area (Å²) in [5, 5.41) is 0. The van der Waals surface area contributed by atoms with Crippen LogP contribution in [0.2, 0.25) is 0 Å². The van der Waals surface area contributed by atoms with Crippen molar-refractivity contribution in [3.05, 3.63) is 48.3 Å². The Morgan fingerprint density at radius 3 is 3.04 bits per heavy atom. The highest BCUT2D eigenvalue weighted by molar-refractivity contribution is 5.76. The second-order valence-electron chi connectivity index (χ2n) is 6.73. The maximum absolute atomic E-state index is 13.6. The number of benzene rings is 1. The predicted octanol–water partition coefficient (Wildman–Crippen LogP) is 3.29. The van der Waals surface area contributed by atoms with Crippen molar-refractivity contribution in [3.63, 3.8) is 0 Å². The molecule has 0 N–H and O–H groups in total. The van der Waals surface area contributed by atoms with E-state index in [-0.39, 0.29) is 23.4 Å². The molecule has 1 atom stereocenters. The van der Waals surface area contributed by atoms with Crippen LogP contribution in [0.3, 0.4) is 0 Å². The van der Waals surface area contributed by atoms with Gasteiger partial charge in [-0.2, -0.15) is 0 Å². The number of nitrogens with zero attached hydrogens (tertiary/aromatic N) is 3. The number of para-hydroxylation sites is 1. The number of rotatable bonds is 7. The maximum Gasteiger partial charge on any atom is 0.224 e. The molecule has 6 heteroatoms. The molecule has 2 heterocycles. The molecular weight excluding hydrogens is 333 g/mol. The van der Waals surface area contributed by atoms with E-state index in [1.54, 1.807) is 24.4 Å². The van der Waals surface area contributed by atoms with Crippen molar-refractivity contribution in [2.45, 2.75) is 39.2 Å². The quantitative estimate of drug-likeness (QED) is 0.762. The molecule has 2 aromatic rings. The highest BCUT2D eigenvalue weighted by Crippen LogP contribution is 2.21. The molecule has 1 aliphatic heterocycles. The number of aromatic nitrogens is 2. The number of halogens is 1. The van der Waals surface area contributed by atoms with Crippen LogP contribution in [0.1, 0.15) is 32.0 Å². The smallest absolute Gasteiger partial charge is 0.224 e. The Labute approximate surface area is 153 Å². The number of piperidine rings is 1. The molecule has 1 aliphatic rings. The number of imidazole rings is 1. The summed E-state index contributed by atoms with van der Waals surface area (Å²) in [6, 6.07) is 6.44. The number of carbonyl (C=O) groups is 1. The molecule has 3 rings (SSSR count). The topological polar surface area (TPSA) is 47.4 Å². The third kappa shape index (κ3) is 4.62. The third-order valence-corrected chi connectivity index (χ3v) is 4.87. The summed E-state index contributed by atoms with van der Waals surface area (Å²) in [6.07, 6.45) is 7.00. The number of likely N-dealkylation sites (tertiary alicyclic amines) is 1. The number of hydrogen-bond acceptors (Lipinski definition) is 3. The largest absolute Gasteiger partial charge is 0.490 e. The zero-order valence-corrected chi connectivity index (χ0v) is 15.2. The van der Waals surface area contributed by atoms with Crippen molar-refractivity contribution >= 4 is 5.91 Å². The molecule has 0 radical (unpaired) electrons. The summed E-state index contributed by atoms with van der Waals surface area (Å²) in [4.78, 5) is 18.8. The van der Waals surface area contributed by atoms with Crippen LogP contribution >= 0.6 is 0 Å². The van der Waals surface area contributed by atoms with Crippen LogP contribution in [-0.2, 0) is 17.8 Å². The van der Waals surface area contributed by atoms with E-state index in [0.29, 0.717) is 26.1 Å². The third-order valence-electron chi connectivity index (χ3n) is 4.87. The standard InChI is InChI=1S/C20H26FN3O2/c1-2-19-22-10-13-23(19)12-9-20(25)24-11-5-6-16(14-24)15-26-18-8-4-3-7-17(18)21/h3-4,7-8,10,13,16H,2,5-6,9,11-12,14-15H2,1H3/t16-/m0/s1. The van der Waals surface area contributed by atoms with Crippen LogP contribution in [0.25, 0.3) is 0 Å². The summed E-state index contributed by atoms with van der Waals surface area (Å²) >= 11 is 0. The van der Waals surface area contributed by atoms with Gasteiger partial charge in [0.15, 0.2) is 11.6 Å². The number of ether oxygens (including phenoxy) is 1. The molecule has 0 unspecified atom stereocenters. The molecule has 0 aliphatic carbocycles. The summed E-state index contributed by atoms with van der Waals surface area (Å²) in [5.74, 6) is 1.35. The first-order valence-electron chi connectivity index (χ1n) is 9.32. The first-order valence-corrected chi connectivity index (χ1v) is 9.32. The maximum atomic E-state index is 13.6. The summed E-state index contributed by atoms with van der Waals surface area (Å²) in [7, 11) is 0. The Morgan fingerprint density at radius 2 is 2.23 bits per heavy atom. The summed E-state index contributed by atoms with van der Waals surface area (Å²) in [5.41, 5.74) is 0. The van der Waals surface area contributed by atoms with Crippen molar-refractivity contribution < 1.29 is 13.9 Å². The van der Waals surface area contributed by atoms with Crippen LogP contribution in [-0.4, -0.2) is 40.1 Å². The van der Waals surface area contributed by atoms with Gasteiger partial charge in [0.2, 0.25) is 5.91 Å². The van der Waals surface area contributed by atoms with Gasteiger partial charge in [-0.25, -0.2) is 9.37 Å². The van der Waals surface area contributed by atoms with Gasteiger partial charge in [0, 0.05) is 50.8 Å². The van der Waals surface area contributed by atoms with Crippen LogP contribution in [0, 0.1) is 11.7 Å². The monoisotopic (exact) mass is 359 g/mol. The van der Waals surface area contributed by atoms with E-state index >= 15 is 0 Å². The van der Waals surface area contributed by atoms with E-state index in [0.717, 1.165) is 31.6 Å². The Morgan fingerprint density at radius 1 is 1.38 bits per heavy atom. The summed E-state index contributed by atoms with van der Waals surface area (Å²) in [6.45, 7) is 4.63. The predicted molar refractivity (Wildman–Crippen MR) is 97.4 cm³/mol. The van der Waals surface area contributed by atoms with Crippen molar-refractivity contribution in [2.24, 2.45) is 5.92 Å². The Balaban J connectivity index is 1.48. The zero-order chi connectivity index (χ0) is 18.4. The van der Waals surface area contributed by atoms with Gasteiger partial charge in [-0.05, 0) is 25.0 Å². The van der Waals surface area contributed by atoms with Gasteiger partial charge in [0.25, 0.3) is 0 Å². The second-order valence-corrected chi connectivity index (χ2v) is 6.73. The fourth-order valence-corrected chi connectivity index (χ4v) is 3.43. The van der Waals surface area contributed by atoms with Gasteiger partial charge in [-0.3, -0.25) is 4.79 Å². The van der Waals surface area contributed by atoms with Gasteiger partial charge >= 0.3 is 0 Å². The molecule has 1 aromatic heterocycles. The van der Waals surface area contributed by atoms with Gasteiger partial charge in [0.05, 0.1) is 6.61 Å². The lowest BCUT2D eigenvalue weighted by Crippen LogP contribution is -2.41. The lowest BCUT2D eigenvalue weighted by Gasteiger charge is -2.32. The Bertz CT molecular complexity index is 731. The minimum absolute atomic E-state index is 0.163. The van der Waals surface area contributed by atoms with Crippen LogP contribution in [0.4, 0.5) is 4.39 Å². The highest BCUT2D eigenvalue weighted by atomic mass is 19.1. The van der Waals surface area contributed by atoms with Gasteiger partial charge in [0.1, 0.15) is 5.82 Å². The van der Waals surface area contributed by atoms with E-state index in [4.69, 9.17) is 4.74 Å². The normalized spacial score (nSPS) is 17.3. The van der Waals surface area contributed by atoms with Crippen molar-refractivity contribution in [2.75, 3.05) is 19.7 Å². The van der Waals surface area contributed by atoms with E-state index in [9.17, 15) is 9.18 Å². The van der Waals surface area contributed by atoms with Crippen LogP contribution in [0.5, 0.6) is 5.75 Å². The van der Waals surface area contributed by atoms with E-state index in [2.05, 4.69) is 11.9 Å². The molecule has 1 aromatic carbocycles. The zero-order valence-electron chi connectivity index (χ0n) is 15.2. The van der Waals surface area contributed by atoms with Gasteiger partial charge < -0.3 is 14.2 Å². The fraction of sp³-hybridized carbons (Fsp3) is 0.500. The molecule has 26 heavy (non-hydrogen) atoms. The molecule has 5 nitrogen and oxygen atoms in total. The molecular formula is C20H26FN3O2. The molecule has 140 valence electrons. The minimum Gasteiger partial charge on any atom is -0.490 e. The van der Waals surface area contributed by atoms with Gasteiger partial charge in [-0.15, -0.1) is 0 Å². The van der Waals surface area contributed by atoms with Crippen molar-refractivity contribution in [1.82, 2.24) is 14.5 Å². The Hall–Kier alpha value is -2.37. The number of aryl methyl sites for hydroxylation is 2. The minimum atomic E-state index is -0.344. The molecule has 0 bridgehead atoms. The van der Waals surface area contributed by atoms with Gasteiger partial charge in [-0.1, -0.05) is 19.1 Å². The molecule has 1 saturated heterocycles. The lowest BCUT2D eigenvalue weighted by atomic mass is 9.98. The molecule has 0 spiro atoms. The first-order chi connectivity index (χ1) is 12.7. The molecule has 1 fully saturated rings. The number of carbonyl (C=O) groups excluding carboxylic acids is 1. The molecule has 0 saturated carbocycles. The van der Waals surface area contributed by atoms with Crippen LogP contribution < -0.4 is 4.74 Å². The molecule has 1 amide bonds. The van der Waals surface area contributed by atoms with E-state index in [1.165, 1.54) is 6.07 Å². The average molecular weight is 359 g/mol. The Kier molecular flexibility index (Phi) is 6.26. The lowest BCUT2D eigenvalue weighted by molar-refractivity contribution is -0.133.